The van der Waals surface area contributed by atoms with Gasteiger partial charge in [-0.3, -0.25) is 4.79 Å². The van der Waals surface area contributed by atoms with Crippen LogP contribution in [-0.2, 0) is 4.79 Å². The van der Waals surface area contributed by atoms with E-state index in [9.17, 15) is 4.79 Å². The minimum Gasteiger partial charge on any atom is -0.494 e. The van der Waals surface area contributed by atoms with Crippen molar-refractivity contribution in [2.24, 2.45) is 5.92 Å². The summed E-state index contributed by atoms with van der Waals surface area (Å²) in [5, 5.41) is 0. The number of nitrogens with zero attached hydrogens (tertiary/aromatic N) is 1. The van der Waals surface area contributed by atoms with Crippen LogP contribution in [0.4, 0.5) is 0 Å². The third-order valence-corrected chi connectivity index (χ3v) is 5.48. The minimum absolute atomic E-state index is 0.124. The SMILES string of the molecule is CCOc1ccccc1C1CCN(C(=O)[C@H]2C[C@H]2c2ccco2)CC1. The van der Waals surface area contributed by atoms with Crippen LogP contribution in [0.2, 0.25) is 0 Å². The molecule has 0 unspecified atom stereocenters. The monoisotopic (exact) mass is 339 g/mol. The number of piperidine rings is 1. The lowest BCUT2D eigenvalue weighted by molar-refractivity contribution is -0.133. The molecular weight excluding hydrogens is 314 g/mol. The molecule has 0 radical (unpaired) electrons. The summed E-state index contributed by atoms with van der Waals surface area (Å²) >= 11 is 0. The summed E-state index contributed by atoms with van der Waals surface area (Å²) in [5.74, 6) is 3.15. The maximum atomic E-state index is 12.7. The number of hydrogen-bond acceptors (Lipinski definition) is 3. The van der Waals surface area contributed by atoms with E-state index in [0.717, 1.165) is 43.9 Å². The van der Waals surface area contributed by atoms with E-state index in [1.54, 1.807) is 6.26 Å². The first-order chi connectivity index (χ1) is 12.3. The van der Waals surface area contributed by atoms with Gasteiger partial charge in [0.1, 0.15) is 11.5 Å². The molecule has 0 bridgehead atoms. The lowest BCUT2D eigenvalue weighted by atomic mass is 9.88. The summed E-state index contributed by atoms with van der Waals surface area (Å²) in [6, 6.07) is 12.2. The fourth-order valence-corrected chi connectivity index (χ4v) is 4.03. The van der Waals surface area contributed by atoms with Crippen LogP contribution in [0.5, 0.6) is 5.75 Å². The lowest BCUT2D eigenvalue weighted by Crippen LogP contribution is -2.39. The first-order valence-electron chi connectivity index (χ1n) is 9.31. The van der Waals surface area contributed by atoms with Gasteiger partial charge >= 0.3 is 0 Å². The third kappa shape index (κ3) is 3.30. The number of ether oxygens (including phenoxy) is 1. The van der Waals surface area contributed by atoms with Gasteiger partial charge in [-0.15, -0.1) is 0 Å². The maximum absolute atomic E-state index is 12.7. The highest BCUT2D eigenvalue weighted by Crippen LogP contribution is 2.49. The van der Waals surface area contributed by atoms with E-state index < -0.39 is 0 Å². The van der Waals surface area contributed by atoms with Gasteiger partial charge in [-0.05, 0) is 55.9 Å². The predicted molar refractivity (Wildman–Crippen MR) is 95.7 cm³/mol. The quantitative estimate of drug-likeness (QED) is 0.820. The molecule has 1 amide bonds. The second-order valence-electron chi connectivity index (χ2n) is 7.03. The van der Waals surface area contributed by atoms with Crippen molar-refractivity contribution in [3.8, 4) is 5.75 Å². The van der Waals surface area contributed by atoms with Gasteiger partial charge < -0.3 is 14.1 Å². The van der Waals surface area contributed by atoms with Crippen molar-refractivity contribution in [2.45, 2.75) is 38.0 Å². The summed E-state index contributed by atoms with van der Waals surface area (Å²) in [6.45, 7) is 4.38. The Balaban J connectivity index is 1.35. The summed E-state index contributed by atoms with van der Waals surface area (Å²) in [4.78, 5) is 14.8. The molecule has 25 heavy (non-hydrogen) atoms. The number of hydrogen-bond donors (Lipinski definition) is 0. The van der Waals surface area contributed by atoms with Crippen LogP contribution in [-0.4, -0.2) is 30.5 Å². The van der Waals surface area contributed by atoms with Crippen molar-refractivity contribution < 1.29 is 13.9 Å². The average molecular weight is 339 g/mol. The van der Waals surface area contributed by atoms with Gasteiger partial charge in [0.15, 0.2) is 0 Å². The molecule has 2 aliphatic rings. The van der Waals surface area contributed by atoms with Crippen LogP contribution in [0.15, 0.2) is 47.1 Å². The van der Waals surface area contributed by atoms with Gasteiger partial charge in [0.05, 0.1) is 12.9 Å². The number of rotatable bonds is 5. The molecule has 0 N–H and O–H groups in total. The zero-order valence-electron chi connectivity index (χ0n) is 14.7. The van der Waals surface area contributed by atoms with E-state index in [1.807, 2.05) is 30.0 Å². The smallest absolute Gasteiger partial charge is 0.226 e. The zero-order chi connectivity index (χ0) is 17.2. The Morgan fingerprint density at radius 3 is 2.72 bits per heavy atom. The van der Waals surface area contributed by atoms with Crippen LogP contribution in [0.1, 0.15) is 49.3 Å². The first-order valence-corrected chi connectivity index (χ1v) is 9.31. The van der Waals surface area contributed by atoms with Crippen molar-refractivity contribution in [1.29, 1.82) is 0 Å². The highest BCUT2D eigenvalue weighted by atomic mass is 16.5. The molecule has 1 aliphatic heterocycles. The molecule has 0 spiro atoms. The van der Waals surface area contributed by atoms with Gasteiger partial charge in [0.2, 0.25) is 5.91 Å². The van der Waals surface area contributed by atoms with Gasteiger partial charge in [-0.2, -0.15) is 0 Å². The second-order valence-corrected chi connectivity index (χ2v) is 7.03. The molecule has 132 valence electrons. The third-order valence-electron chi connectivity index (χ3n) is 5.48. The van der Waals surface area contributed by atoms with E-state index in [-0.39, 0.29) is 5.92 Å². The van der Waals surface area contributed by atoms with E-state index >= 15 is 0 Å². The van der Waals surface area contributed by atoms with Crippen molar-refractivity contribution in [3.63, 3.8) is 0 Å². The Morgan fingerprint density at radius 2 is 2.00 bits per heavy atom. The molecule has 2 aromatic rings. The van der Waals surface area contributed by atoms with Gasteiger partial charge in [-0.1, -0.05) is 18.2 Å². The topological polar surface area (TPSA) is 42.7 Å². The largest absolute Gasteiger partial charge is 0.494 e. The van der Waals surface area contributed by atoms with Gasteiger partial charge in [0.25, 0.3) is 0 Å². The summed E-state index contributed by atoms with van der Waals surface area (Å²) in [6.07, 6.45) is 4.64. The van der Waals surface area contributed by atoms with E-state index in [4.69, 9.17) is 9.15 Å². The number of furan rings is 1. The molecule has 4 heteroatoms. The van der Waals surface area contributed by atoms with Gasteiger partial charge in [-0.25, -0.2) is 0 Å². The molecule has 1 aromatic carbocycles. The van der Waals surface area contributed by atoms with E-state index in [0.29, 0.717) is 24.3 Å². The normalized spacial score (nSPS) is 23.5. The van der Waals surface area contributed by atoms with E-state index in [2.05, 4.69) is 18.2 Å². The van der Waals surface area contributed by atoms with E-state index in [1.165, 1.54) is 5.56 Å². The molecule has 1 aliphatic carbocycles. The molecular formula is C21H25NO3. The number of amides is 1. The number of carbonyl (C=O) groups is 1. The highest BCUT2D eigenvalue weighted by Gasteiger charge is 2.47. The lowest BCUT2D eigenvalue weighted by Gasteiger charge is -2.33. The highest BCUT2D eigenvalue weighted by molar-refractivity contribution is 5.83. The van der Waals surface area contributed by atoms with Crippen molar-refractivity contribution in [2.75, 3.05) is 19.7 Å². The van der Waals surface area contributed by atoms with Crippen molar-refractivity contribution >= 4 is 5.91 Å². The molecule has 1 saturated heterocycles. The molecule has 4 nitrogen and oxygen atoms in total. The molecule has 4 rings (SSSR count). The Labute approximate surface area is 148 Å². The van der Waals surface area contributed by atoms with Crippen molar-refractivity contribution in [1.82, 2.24) is 4.90 Å². The number of likely N-dealkylation sites (tertiary alicyclic amines) is 1. The fourth-order valence-electron chi connectivity index (χ4n) is 4.03. The summed E-state index contributed by atoms with van der Waals surface area (Å²) in [7, 11) is 0. The second kappa shape index (κ2) is 6.95. The molecule has 1 aromatic heterocycles. The molecule has 2 heterocycles. The van der Waals surface area contributed by atoms with Crippen LogP contribution in [0.3, 0.4) is 0 Å². The Bertz CT molecular complexity index is 717. The summed E-state index contributed by atoms with van der Waals surface area (Å²) in [5.41, 5.74) is 1.29. The first kappa shape index (κ1) is 16.2. The maximum Gasteiger partial charge on any atom is 0.226 e. The fraction of sp³-hybridized carbons (Fsp3) is 0.476. The van der Waals surface area contributed by atoms with Crippen LogP contribution in [0, 0.1) is 5.92 Å². The van der Waals surface area contributed by atoms with Gasteiger partial charge in [0, 0.05) is 24.9 Å². The number of benzene rings is 1. The number of carbonyl (C=O) groups excluding carboxylic acids is 1. The standard InChI is InChI=1S/C21H25NO3/c1-2-24-19-7-4-3-6-16(19)15-9-11-22(12-10-15)21(23)18-14-17(18)20-8-5-13-25-20/h3-8,13,15,17-18H,2,9-12,14H2,1H3/t17-,18+/m1/s1. The molecule has 2 fully saturated rings. The molecule has 2 atom stereocenters. The minimum atomic E-state index is 0.124. The Morgan fingerprint density at radius 1 is 1.20 bits per heavy atom. The van der Waals surface area contributed by atoms with Crippen LogP contribution >= 0.6 is 0 Å². The van der Waals surface area contributed by atoms with Crippen LogP contribution in [0.25, 0.3) is 0 Å². The Kier molecular flexibility index (Phi) is 4.51. The van der Waals surface area contributed by atoms with Crippen molar-refractivity contribution in [3.05, 3.63) is 54.0 Å². The zero-order valence-corrected chi connectivity index (χ0v) is 14.7. The molecule has 1 saturated carbocycles. The van der Waals surface area contributed by atoms with Crippen LogP contribution < -0.4 is 4.74 Å². The summed E-state index contributed by atoms with van der Waals surface area (Å²) < 4.78 is 11.2. The predicted octanol–water partition coefficient (Wildman–Crippen LogP) is 4.19. The Hall–Kier alpha value is -2.23. The average Bonchev–Trinajstić information content (AvgIpc) is 3.26. The number of para-hydroxylation sites is 1.